The Morgan fingerprint density at radius 2 is 1.13 bits per heavy atom. The first-order valence-electron chi connectivity index (χ1n) is 11.2. The van der Waals surface area contributed by atoms with Crippen molar-refractivity contribution in [3.63, 3.8) is 0 Å². The first kappa shape index (κ1) is 26.9. The molecule has 3 aromatic carbocycles. The highest BCUT2D eigenvalue weighted by Crippen LogP contribution is 2.31. The molecule has 0 N–H and O–H groups in total. The lowest BCUT2D eigenvalue weighted by Gasteiger charge is -2.22. The first-order valence-corrected chi connectivity index (χ1v) is 12.5. The minimum absolute atomic E-state index is 0.0785. The maximum atomic E-state index is 13.7. The smallest absolute Gasteiger partial charge is 0.438 e. The molecular formula is C26H21FO10S. The average molecular weight is 545 g/mol. The maximum Gasteiger partial charge on any atom is 0.438 e. The van der Waals surface area contributed by atoms with Crippen molar-refractivity contribution >= 4 is 28.4 Å². The fourth-order valence-corrected chi connectivity index (χ4v) is 4.09. The molecule has 0 amide bonds. The van der Waals surface area contributed by atoms with Crippen molar-refractivity contribution in [3.8, 4) is 0 Å². The number of ether oxygens (including phenoxy) is 4. The lowest BCUT2D eigenvalue weighted by molar-refractivity contribution is -0.135. The number of halogens is 1. The van der Waals surface area contributed by atoms with E-state index < -0.39 is 59.6 Å². The second kappa shape index (κ2) is 11.9. The van der Waals surface area contributed by atoms with Gasteiger partial charge in [-0.1, -0.05) is 58.5 Å². The van der Waals surface area contributed by atoms with Gasteiger partial charge in [0.1, 0.15) is 12.7 Å². The third-order valence-corrected chi connectivity index (χ3v) is 5.82. The van der Waals surface area contributed by atoms with Gasteiger partial charge in [0.15, 0.2) is 12.2 Å². The van der Waals surface area contributed by atoms with Crippen molar-refractivity contribution in [2.45, 2.75) is 24.6 Å². The van der Waals surface area contributed by atoms with Crippen LogP contribution in [-0.2, 0) is 33.6 Å². The summed E-state index contributed by atoms with van der Waals surface area (Å²) in [5.41, 5.74) is 0.364. The molecule has 4 rings (SSSR count). The van der Waals surface area contributed by atoms with Crippen molar-refractivity contribution in [3.05, 3.63) is 108 Å². The van der Waals surface area contributed by atoms with Crippen molar-refractivity contribution < 1.29 is 49.8 Å². The van der Waals surface area contributed by atoms with Gasteiger partial charge < -0.3 is 18.9 Å². The van der Waals surface area contributed by atoms with Crippen LogP contribution in [0.1, 0.15) is 31.1 Å². The molecule has 1 aliphatic heterocycles. The van der Waals surface area contributed by atoms with Gasteiger partial charge in [-0.05, 0) is 36.4 Å². The van der Waals surface area contributed by atoms with Gasteiger partial charge in [0.05, 0.1) is 16.7 Å². The maximum absolute atomic E-state index is 13.7. The number of benzene rings is 3. The Balaban J connectivity index is 1.60. The Labute approximate surface area is 217 Å². The van der Waals surface area contributed by atoms with E-state index in [-0.39, 0.29) is 16.7 Å². The minimum Gasteiger partial charge on any atom is -0.459 e. The Morgan fingerprint density at radius 1 is 0.684 bits per heavy atom. The fourth-order valence-electron chi connectivity index (χ4n) is 3.63. The molecule has 0 aliphatic carbocycles. The standard InChI is InChI=1S/C26H21FO10S/c27-38(31,32)37-22-21(35-24(29)18-12-6-2-7-13-18)20(16-33-23(28)17-10-4-1-5-11-17)34-26(22)36-25(30)19-14-8-3-9-15-19/h1-15,20-22,26H,16H2/t20-,21-,22-,26?/m1/s1. The lowest BCUT2D eigenvalue weighted by Crippen LogP contribution is -2.42. The third kappa shape index (κ3) is 7.00. The van der Waals surface area contributed by atoms with E-state index in [0.29, 0.717) is 0 Å². The molecule has 0 bridgehead atoms. The van der Waals surface area contributed by atoms with E-state index in [4.69, 9.17) is 18.9 Å². The summed E-state index contributed by atoms with van der Waals surface area (Å²) in [7, 11) is -5.64. The number of esters is 3. The molecule has 38 heavy (non-hydrogen) atoms. The van der Waals surface area contributed by atoms with Crippen LogP contribution in [0.3, 0.4) is 0 Å². The SMILES string of the molecule is O=C(OC[C@H]1OC(OC(=O)c2ccccc2)[C@H](OS(=O)(=O)F)[C@@H]1OC(=O)c1ccccc1)c1ccccc1. The first-order chi connectivity index (χ1) is 18.2. The largest absolute Gasteiger partial charge is 0.459 e. The second-order valence-corrected chi connectivity index (χ2v) is 8.95. The molecular weight excluding hydrogens is 523 g/mol. The van der Waals surface area contributed by atoms with Gasteiger partial charge in [-0.25, -0.2) is 18.6 Å². The van der Waals surface area contributed by atoms with Gasteiger partial charge in [0.25, 0.3) is 0 Å². The molecule has 198 valence electrons. The zero-order valence-electron chi connectivity index (χ0n) is 19.5. The number of hydrogen-bond acceptors (Lipinski definition) is 10. The van der Waals surface area contributed by atoms with E-state index in [0.717, 1.165) is 0 Å². The molecule has 1 heterocycles. The molecule has 0 radical (unpaired) electrons. The molecule has 0 aromatic heterocycles. The fraction of sp³-hybridized carbons (Fsp3) is 0.192. The van der Waals surface area contributed by atoms with Crippen LogP contribution in [0.15, 0.2) is 91.0 Å². The van der Waals surface area contributed by atoms with Crippen molar-refractivity contribution in [1.82, 2.24) is 0 Å². The van der Waals surface area contributed by atoms with Gasteiger partial charge in [-0.3, -0.25) is 0 Å². The summed E-state index contributed by atoms with van der Waals surface area (Å²) in [6.07, 6.45) is -6.85. The number of carbonyl (C=O) groups excluding carboxylic acids is 3. The Morgan fingerprint density at radius 3 is 1.61 bits per heavy atom. The van der Waals surface area contributed by atoms with Crippen LogP contribution in [0.2, 0.25) is 0 Å². The van der Waals surface area contributed by atoms with Gasteiger partial charge >= 0.3 is 28.4 Å². The summed E-state index contributed by atoms with van der Waals surface area (Å²) in [6.45, 7) is -0.577. The summed E-state index contributed by atoms with van der Waals surface area (Å²) >= 11 is 0. The van der Waals surface area contributed by atoms with Gasteiger partial charge in [0, 0.05) is 0 Å². The topological polar surface area (TPSA) is 132 Å². The van der Waals surface area contributed by atoms with Crippen LogP contribution in [0.4, 0.5) is 3.89 Å². The Hall–Kier alpha value is -4.13. The van der Waals surface area contributed by atoms with Crippen LogP contribution in [0.25, 0.3) is 0 Å². The van der Waals surface area contributed by atoms with Gasteiger partial charge in [-0.2, -0.15) is 8.42 Å². The summed E-state index contributed by atoms with van der Waals surface area (Å²) < 4.78 is 62.6. The molecule has 10 nitrogen and oxygen atoms in total. The van der Waals surface area contributed by atoms with Crippen molar-refractivity contribution in [2.24, 2.45) is 0 Å². The molecule has 4 atom stereocenters. The minimum atomic E-state index is -5.64. The van der Waals surface area contributed by atoms with E-state index in [1.807, 2.05) is 0 Å². The van der Waals surface area contributed by atoms with E-state index in [9.17, 15) is 26.7 Å². The monoisotopic (exact) mass is 544 g/mol. The van der Waals surface area contributed by atoms with Crippen LogP contribution in [-0.4, -0.2) is 57.5 Å². The van der Waals surface area contributed by atoms with E-state index in [2.05, 4.69) is 4.18 Å². The molecule has 0 spiro atoms. The van der Waals surface area contributed by atoms with Crippen LogP contribution < -0.4 is 0 Å². The predicted octanol–water partition coefficient (Wildman–Crippen LogP) is 3.25. The number of carbonyl (C=O) groups is 3. The summed E-state index contributed by atoms with van der Waals surface area (Å²) in [5.74, 6) is -2.64. The molecule has 1 unspecified atom stereocenters. The van der Waals surface area contributed by atoms with Crippen molar-refractivity contribution in [2.75, 3.05) is 6.61 Å². The molecule has 0 saturated carbocycles. The molecule has 12 heteroatoms. The quantitative estimate of drug-likeness (QED) is 0.225. The third-order valence-electron chi connectivity index (χ3n) is 5.37. The average Bonchev–Trinajstić information content (AvgIpc) is 3.22. The number of rotatable bonds is 9. The highest BCUT2D eigenvalue weighted by atomic mass is 32.3. The normalized spacial score (nSPS) is 20.9. The van der Waals surface area contributed by atoms with Gasteiger partial charge in [0.2, 0.25) is 6.29 Å². The number of hydrogen-bond donors (Lipinski definition) is 0. The second-order valence-electron chi connectivity index (χ2n) is 7.97. The lowest BCUT2D eigenvalue weighted by atomic mass is 10.1. The predicted molar refractivity (Wildman–Crippen MR) is 128 cm³/mol. The summed E-state index contributed by atoms with van der Waals surface area (Å²) in [5, 5.41) is 0. The molecule has 3 aromatic rings. The van der Waals surface area contributed by atoms with E-state index in [1.54, 1.807) is 54.6 Å². The highest BCUT2D eigenvalue weighted by molar-refractivity contribution is 7.81. The Kier molecular flexibility index (Phi) is 8.46. The zero-order valence-corrected chi connectivity index (χ0v) is 20.4. The van der Waals surface area contributed by atoms with E-state index in [1.165, 1.54) is 36.4 Å². The van der Waals surface area contributed by atoms with Crippen LogP contribution in [0.5, 0.6) is 0 Å². The summed E-state index contributed by atoms with van der Waals surface area (Å²) in [6, 6.07) is 23.2. The van der Waals surface area contributed by atoms with Crippen LogP contribution in [0, 0.1) is 0 Å². The molecule has 1 saturated heterocycles. The van der Waals surface area contributed by atoms with E-state index >= 15 is 0 Å². The van der Waals surface area contributed by atoms with Gasteiger partial charge in [-0.15, -0.1) is 0 Å². The summed E-state index contributed by atoms with van der Waals surface area (Å²) in [4.78, 5) is 37.8. The van der Waals surface area contributed by atoms with Crippen molar-refractivity contribution in [1.29, 1.82) is 0 Å². The highest BCUT2D eigenvalue weighted by Gasteiger charge is 2.53. The Bertz CT molecular complexity index is 1370. The molecule has 1 fully saturated rings. The molecule has 1 aliphatic rings. The zero-order chi connectivity index (χ0) is 27.1. The van der Waals surface area contributed by atoms with Crippen LogP contribution >= 0.6 is 0 Å².